The molecule has 0 radical (unpaired) electrons. The number of rotatable bonds is 1. The maximum Gasteiger partial charge on any atom is 0.410 e. The molecule has 0 aromatic carbocycles. The van der Waals surface area contributed by atoms with Crippen LogP contribution >= 0.6 is 0 Å². The molecule has 1 saturated heterocycles. The Kier molecular flexibility index (Phi) is 3.51. The lowest BCUT2D eigenvalue weighted by Gasteiger charge is -2.39. The van der Waals surface area contributed by atoms with Crippen LogP contribution in [-0.2, 0) is 4.74 Å². The molecule has 0 aromatic heterocycles. The summed E-state index contributed by atoms with van der Waals surface area (Å²) < 4.78 is 5.41. The van der Waals surface area contributed by atoms with E-state index >= 15 is 0 Å². The Morgan fingerprint density at radius 3 is 2.47 bits per heavy atom. The van der Waals surface area contributed by atoms with Crippen molar-refractivity contribution < 1.29 is 9.53 Å². The van der Waals surface area contributed by atoms with Crippen molar-refractivity contribution in [2.75, 3.05) is 13.1 Å². The molecule has 2 unspecified atom stereocenters. The Hall–Kier alpha value is -1.24. The average molecular weight is 264 g/mol. The van der Waals surface area contributed by atoms with Crippen LogP contribution in [0.4, 0.5) is 4.79 Å². The number of amides is 1. The topological polar surface area (TPSA) is 53.3 Å². The molecular weight excluding hydrogens is 240 g/mol. The molecule has 0 bridgehead atoms. The predicted octanol–water partition coefficient (Wildman–Crippen LogP) is 3.18. The highest BCUT2D eigenvalue weighted by molar-refractivity contribution is 5.68. The van der Waals surface area contributed by atoms with Gasteiger partial charge in [-0.3, -0.25) is 0 Å². The number of hydrogen-bond acceptors (Lipinski definition) is 3. The molecule has 1 amide bonds. The maximum atomic E-state index is 12.0. The highest BCUT2D eigenvalue weighted by Gasteiger charge is 2.53. The Balaban J connectivity index is 1.94. The van der Waals surface area contributed by atoms with E-state index in [0.29, 0.717) is 24.9 Å². The van der Waals surface area contributed by atoms with Crippen molar-refractivity contribution in [2.24, 2.45) is 17.3 Å². The van der Waals surface area contributed by atoms with Gasteiger partial charge in [-0.2, -0.15) is 5.26 Å². The van der Waals surface area contributed by atoms with E-state index in [9.17, 15) is 10.1 Å². The number of carbonyl (C=O) groups excluding carboxylic acids is 1. The molecule has 0 spiro atoms. The van der Waals surface area contributed by atoms with Crippen molar-refractivity contribution in [2.45, 2.75) is 52.6 Å². The van der Waals surface area contributed by atoms with Gasteiger partial charge in [0.25, 0.3) is 0 Å². The lowest BCUT2D eigenvalue weighted by atomic mass is 9.76. The fourth-order valence-electron chi connectivity index (χ4n) is 3.16. The van der Waals surface area contributed by atoms with Gasteiger partial charge in [0.05, 0.1) is 11.5 Å². The average Bonchev–Trinajstić information content (AvgIpc) is 3.07. The first-order valence-corrected chi connectivity index (χ1v) is 7.17. The third kappa shape index (κ3) is 3.02. The number of hydrogen-bond donors (Lipinski definition) is 0. The number of likely N-dealkylation sites (tertiary alicyclic amines) is 1. The summed E-state index contributed by atoms with van der Waals surface area (Å²) in [6, 6.07) is 2.50. The van der Waals surface area contributed by atoms with Gasteiger partial charge in [0.1, 0.15) is 5.60 Å². The van der Waals surface area contributed by atoms with Crippen LogP contribution < -0.4 is 0 Å². The molecule has 0 N–H and O–H groups in total. The number of ether oxygens (including phenoxy) is 1. The van der Waals surface area contributed by atoms with Gasteiger partial charge in [-0.1, -0.05) is 6.92 Å². The maximum absolute atomic E-state index is 12.0. The van der Waals surface area contributed by atoms with E-state index in [1.165, 1.54) is 0 Å². The summed E-state index contributed by atoms with van der Waals surface area (Å²) in [5, 5.41) is 9.30. The smallest absolute Gasteiger partial charge is 0.410 e. The standard InChI is InChI=1S/C15H24N2O2/c1-11-9-17(13(18)19-14(2,3)4)8-5-12(11)15(10-16)6-7-15/h11-12H,5-9H2,1-4H3. The predicted molar refractivity (Wildman–Crippen MR) is 72.4 cm³/mol. The molecular formula is C15H24N2O2. The van der Waals surface area contributed by atoms with Gasteiger partial charge in [0.2, 0.25) is 0 Å². The summed E-state index contributed by atoms with van der Waals surface area (Å²) in [6.45, 7) is 9.23. The minimum atomic E-state index is -0.443. The largest absolute Gasteiger partial charge is 0.444 e. The molecule has 2 fully saturated rings. The summed E-state index contributed by atoms with van der Waals surface area (Å²) in [5.41, 5.74) is -0.527. The molecule has 2 rings (SSSR count). The van der Waals surface area contributed by atoms with Crippen LogP contribution in [0.15, 0.2) is 0 Å². The van der Waals surface area contributed by atoms with Gasteiger partial charge in [-0.05, 0) is 51.9 Å². The summed E-state index contributed by atoms with van der Waals surface area (Å²) in [7, 11) is 0. The van der Waals surface area contributed by atoms with Crippen molar-refractivity contribution in [3.8, 4) is 6.07 Å². The quantitative estimate of drug-likeness (QED) is 0.731. The first-order chi connectivity index (χ1) is 8.77. The minimum absolute atomic E-state index is 0.0839. The second-order valence-corrected chi connectivity index (χ2v) is 7.07. The third-order valence-electron chi connectivity index (χ3n) is 4.28. The Bertz CT molecular complexity index is 401. The van der Waals surface area contributed by atoms with Crippen molar-refractivity contribution in [3.05, 3.63) is 0 Å². The fourth-order valence-corrected chi connectivity index (χ4v) is 3.16. The lowest BCUT2D eigenvalue weighted by Crippen LogP contribution is -2.46. The fraction of sp³-hybridized carbons (Fsp3) is 0.867. The lowest BCUT2D eigenvalue weighted by molar-refractivity contribution is 0.00779. The van der Waals surface area contributed by atoms with Gasteiger partial charge in [0.15, 0.2) is 0 Å². The Labute approximate surface area is 115 Å². The van der Waals surface area contributed by atoms with Crippen LogP contribution in [0.3, 0.4) is 0 Å². The summed E-state index contributed by atoms with van der Waals surface area (Å²) in [6.07, 6.45) is 2.77. The normalized spacial score (nSPS) is 29.5. The number of piperidine rings is 1. The molecule has 1 aliphatic carbocycles. The van der Waals surface area contributed by atoms with Crippen LogP contribution in [0.1, 0.15) is 47.0 Å². The molecule has 19 heavy (non-hydrogen) atoms. The van der Waals surface area contributed by atoms with Crippen LogP contribution in [0.2, 0.25) is 0 Å². The SMILES string of the molecule is CC1CN(C(=O)OC(C)(C)C)CCC1C1(C#N)CC1. The second kappa shape index (κ2) is 4.70. The molecule has 1 saturated carbocycles. The molecule has 1 heterocycles. The number of nitriles is 1. The van der Waals surface area contributed by atoms with Gasteiger partial charge >= 0.3 is 6.09 Å². The van der Waals surface area contributed by atoms with Crippen LogP contribution in [0.25, 0.3) is 0 Å². The minimum Gasteiger partial charge on any atom is -0.444 e. The van der Waals surface area contributed by atoms with E-state index in [4.69, 9.17) is 4.74 Å². The Morgan fingerprint density at radius 2 is 2.05 bits per heavy atom. The molecule has 1 aliphatic heterocycles. The molecule has 2 aliphatic rings. The monoisotopic (exact) mass is 264 g/mol. The van der Waals surface area contributed by atoms with Crippen molar-refractivity contribution in [1.29, 1.82) is 5.26 Å². The zero-order valence-corrected chi connectivity index (χ0v) is 12.4. The van der Waals surface area contributed by atoms with E-state index in [0.717, 1.165) is 19.3 Å². The highest BCUT2D eigenvalue weighted by atomic mass is 16.6. The molecule has 4 heteroatoms. The first kappa shape index (κ1) is 14.2. The van der Waals surface area contributed by atoms with E-state index < -0.39 is 5.60 Å². The van der Waals surface area contributed by atoms with Crippen molar-refractivity contribution >= 4 is 6.09 Å². The summed E-state index contributed by atoms with van der Waals surface area (Å²) >= 11 is 0. The molecule has 4 nitrogen and oxygen atoms in total. The first-order valence-electron chi connectivity index (χ1n) is 7.17. The van der Waals surface area contributed by atoms with Crippen LogP contribution in [-0.4, -0.2) is 29.7 Å². The number of nitrogens with zero attached hydrogens (tertiary/aromatic N) is 2. The second-order valence-electron chi connectivity index (χ2n) is 7.07. The van der Waals surface area contributed by atoms with E-state index in [1.807, 2.05) is 20.8 Å². The molecule has 106 valence electrons. The molecule has 2 atom stereocenters. The Morgan fingerprint density at radius 1 is 1.42 bits per heavy atom. The number of carbonyl (C=O) groups is 1. The van der Waals surface area contributed by atoms with Crippen molar-refractivity contribution in [3.63, 3.8) is 0 Å². The van der Waals surface area contributed by atoms with Crippen LogP contribution in [0.5, 0.6) is 0 Å². The van der Waals surface area contributed by atoms with Gasteiger partial charge in [-0.25, -0.2) is 4.79 Å². The van der Waals surface area contributed by atoms with Gasteiger partial charge in [-0.15, -0.1) is 0 Å². The van der Waals surface area contributed by atoms with Gasteiger partial charge in [0, 0.05) is 13.1 Å². The zero-order chi connectivity index (χ0) is 14.3. The summed E-state index contributed by atoms with van der Waals surface area (Å²) in [4.78, 5) is 13.8. The van der Waals surface area contributed by atoms with Crippen LogP contribution in [0, 0.1) is 28.6 Å². The third-order valence-corrected chi connectivity index (χ3v) is 4.28. The van der Waals surface area contributed by atoms with E-state index in [-0.39, 0.29) is 11.5 Å². The molecule has 0 aromatic rings. The zero-order valence-electron chi connectivity index (χ0n) is 12.4. The van der Waals surface area contributed by atoms with Gasteiger partial charge < -0.3 is 9.64 Å². The van der Waals surface area contributed by atoms with Crippen molar-refractivity contribution in [1.82, 2.24) is 4.90 Å². The van der Waals surface area contributed by atoms with E-state index in [2.05, 4.69) is 13.0 Å². The van der Waals surface area contributed by atoms with E-state index in [1.54, 1.807) is 4.90 Å². The highest BCUT2D eigenvalue weighted by Crippen LogP contribution is 2.56. The summed E-state index contributed by atoms with van der Waals surface area (Å²) in [5.74, 6) is 0.819.